The Hall–Kier alpha value is -2.49. The van der Waals surface area contributed by atoms with Crippen LogP contribution in [0.15, 0.2) is 48.5 Å². The van der Waals surface area contributed by atoms with Crippen molar-refractivity contribution in [3.05, 3.63) is 60.2 Å². The van der Waals surface area contributed by atoms with Gasteiger partial charge in [0.15, 0.2) is 0 Å². The number of hydrogen-bond acceptors (Lipinski definition) is 2. The normalized spacial score (nSPS) is 10.8. The molecule has 0 aliphatic rings. The third-order valence-electron chi connectivity index (χ3n) is 3.30. The van der Waals surface area contributed by atoms with E-state index in [2.05, 4.69) is 10.3 Å². The van der Waals surface area contributed by atoms with E-state index in [0.717, 1.165) is 17.7 Å². The summed E-state index contributed by atoms with van der Waals surface area (Å²) in [5, 5.41) is 3.27. The minimum absolute atomic E-state index is 0.0484. The van der Waals surface area contributed by atoms with Gasteiger partial charge in [-0.2, -0.15) is 0 Å². The molecule has 1 aromatic heterocycles. The summed E-state index contributed by atoms with van der Waals surface area (Å²) in [4.78, 5) is 4.29. The summed E-state index contributed by atoms with van der Waals surface area (Å²) in [6.07, 6.45) is 0. The molecule has 0 saturated heterocycles. The second-order valence-electron chi connectivity index (χ2n) is 4.70. The molecule has 106 valence electrons. The van der Waals surface area contributed by atoms with Crippen LogP contribution in [0, 0.1) is 11.6 Å². The molecule has 4 heteroatoms. The zero-order valence-corrected chi connectivity index (χ0v) is 11.5. The first kappa shape index (κ1) is 13.5. The van der Waals surface area contributed by atoms with Crippen LogP contribution in [0.5, 0.6) is 0 Å². The third kappa shape index (κ3) is 2.44. The summed E-state index contributed by atoms with van der Waals surface area (Å²) < 4.78 is 28.1. The van der Waals surface area contributed by atoms with Crippen LogP contribution in [-0.2, 0) is 0 Å². The van der Waals surface area contributed by atoms with Gasteiger partial charge in [-0.3, -0.25) is 0 Å². The summed E-state index contributed by atoms with van der Waals surface area (Å²) in [5.41, 5.74) is 2.08. The van der Waals surface area contributed by atoms with Crippen molar-refractivity contribution in [1.82, 2.24) is 4.98 Å². The number of rotatable bonds is 3. The lowest BCUT2D eigenvalue weighted by atomic mass is 10.1. The number of halogens is 2. The molecule has 3 rings (SSSR count). The summed E-state index contributed by atoms with van der Waals surface area (Å²) in [7, 11) is 0. The van der Waals surface area contributed by atoms with Crippen molar-refractivity contribution in [3.8, 4) is 11.3 Å². The second kappa shape index (κ2) is 5.48. The number of anilines is 1. The summed E-state index contributed by atoms with van der Waals surface area (Å²) in [6.45, 7) is 2.52. The number of fused-ring (bicyclic) bond motifs is 1. The van der Waals surface area contributed by atoms with Gasteiger partial charge in [-0.1, -0.05) is 30.3 Å². The minimum Gasteiger partial charge on any atom is -0.385 e. The molecule has 0 aliphatic carbocycles. The monoisotopic (exact) mass is 284 g/mol. The molecule has 0 aliphatic heterocycles. The van der Waals surface area contributed by atoms with Crippen LogP contribution < -0.4 is 5.32 Å². The predicted octanol–water partition coefficient (Wildman–Crippen LogP) is 4.61. The molecule has 0 amide bonds. The zero-order valence-electron chi connectivity index (χ0n) is 11.5. The highest BCUT2D eigenvalue weighted by Gasteiger charge is 2.14. The van der Waals surface area contributed by atoms with Crippen molar-refractivity contribution in [1.29, 1.82) is 0 Å². The van der Waals surface area contributed by atoms with Gasteiger partial charge in [0.2, 0.25) is 0 Å². The Bertz CT molecular complexity index is 786. The van der Waals surface area contributed by atoms with Gasteiger partial charge in [-0.05, 0) is 25.1 Å². The molecule has 2 aromatic carbocycles. The summed E-state index contributed by atoms with van der Waals surface area (Å²) >= 11 is 0. The first-order valence-corrected chi connectivity index (χ1v) is 6.78. The molecule has 0 atom stereocenters. The molecule has 0 spiro atoms. The van der Waals surface area contributed by atoms with E-state index in [1.165, 1.54) is 0 Å². The fourth-order valence-electron chi connectivity index (χ4n) is 2.35. The number of aromatic nitrogens is 1. The molecule has 3 aromatic rings. The lowest BCUT2D eigenvalue weighted by molar-refractivity contribution is 0.615. The number of hydrogen-bond donors (Lipinski definition) is 1. The number of benzene rings is 2. The Morgan fingerprint density at radius 1 is 1.00 bits per heavy atom. The van der Waals surface area contributed by atoms with Gasteiger partial charge < -0.3 is 5.32 Å². The molecule has 0 unspecified atom stereocenters. The molecule has 0 fully saturated rings. The van der Waals surface area contributed by atoms with E-state index in [0.29, 0.717) is 17.9 Å². The molecular formula is C17H14F2N2. The number of pyridine rings is 1. The van der Waals surface area contributed by atoms with Crippen LogP contribution in [0.3, 0.4) is 0 Å². The second-order valence-corrected chi connectivity index (χ2v) is 4.70. The van der Waals surface area contributed by atoms with Crippen LogP contribution in [0.25, 0.3) is 22.2 Å². The van der Waals surface area contributed by atoms with Gasteiger partial charge in [0.25, 0.3) is 0 Å². The Morgan fingerprint density at radius 3 is 2.43 bits per heavy atom. The van der Waals surface area contributed by atoms with Gasteiger partial charge in [0, 0.05) is 17.8 Å². The maximum Gasteiger partial charge on any atom is 0.149 e. The van der Waals surface area contributed by atoms with Crippen LogP contribution in [0.2, 0.25) is 0 Å². The van der Waals surface area contributed by atoms with Crippen molar-refractivity contribution in [3.63, 3.8) is 0 Å². The molecule has 1 N–H and O–H groups in total. The van der Waals surface area contributed by atoms with E-state index < -0.39 is 11.6 Å². The van der Waals surface area contributed by atoms with Crippen molar-refractivity contribution < 1.29 is 8.78 Å². The third-order valence-corrected chi connectivity index (χ3v) is 3.30. The average Bonchev–Trinajstić information content (AvgIpc) is 2.52. The fourth-order valence-corrected chi connectivity index (χ4v) is 2.35. The molecule has 2 nitrogen and oxygen atoms in total. The highest BCUT2D eigenvalue weighted by atomic mass is 19.1. The Balaban J connectivity index is 2.32. The van der Waals surface area contributed by atoms with Gasteiger partial charge >= 0.3 is 0 Å². The maximum atomic E-state index is 14.0. The molecule has 21 heavy (non-hydrogen) atoms. The van der Waals surface area contributed by atoms with E-state index in [1.54, 1.807) is 6.07 Å². The summed E-state index contributed by atoms with van der Waals surface area (Å²) in [5.74, 6) is -1.00. The van der Waals surface area contributed by atoms with Crippen LogP contribution in [0.1, 0.15) is 6.92 Å². The van der Waals surface area contributed by atoms with E-state index in [4.69, 9.17) is 0 Å². The lowest BCUT2D eigenvalue weighted by Gasteiger charge is -2.12. The quantitative estimate of drug-likeness (QED) is 0.759. The van der Waals surface area contributed by atoms with Crippen molar-refractivity contribution >= 4 is 16.6 Å². The lowest BCUT2D eigenvalue weighted by Crippen LogP contribution is -2.01. The standard InChI is InChI=1S/C17H14F2N2/c1-2-20-15-10-14(11-6-4-3-5-7-11)21-17-13(19)9-8-12(18)16(15)17/h3-10H,2H2,1H3,(H,20,21). The molecule has 1 heterocycles. The smallest absolute Gasteiger partial charge is 0.149 e. The zero-order chi connectivity index (χ0) is 14.8. The Kier molecular flexibility index (Phi) is 3.52. The fraction of sp³-hybridized carbons (Fsp3) is 0.118. The van der Waals surface area contributed by atoms with E-state index >= 15 is 0 Å². The van der Waals surface area contributed by atoms with Crippen LogP contribution in [-0.4, -0.2) is 11.5 Å². The van der Waals surface area contributed by atoms with Gasteiger partial charge in [-0.15, -0.1) is 0 Å². The SMILES string of the molecule is CCNc1cc(-c2ccccc2)nc2c(F)ccc(F)c12. The molecule has 0 bridgehead atoms. The summed E-state index contributed by atoms with van der Waals surface area (Å²) in [6, 6.07) is 13.4. The maximum absolute atomic E-state index is 14.0. The van der Waals surface area contributed by atoms with Crippen molar-refractivity contribution in [2.24, 2.45) is 0 Å². The largest absolute Gasteiger partial charge is 0.385 e. The minimum atomic E-state index is -0.525. The highest BCUT2D eigenvalue weighted by Crippen LogP contribution is 2.31. The Morgan fingerprint density at radius 2 is 1.71 bits per heavy atom. The van der Waals surface area contributed by atoms with E-state index in [9.17, 15) is 8.78 Å². The van der Waals surface area contributed by atoms with Gasteiger partial charge in [0.05, 0.1) is 11.1 Å². The van der Waals surface area contributed by atoms with E-state index in [1.807, 2.05) is 37.3 Å². The van der Waals surface area contributed by atoms with Crippen molar-refractivity contribution in [2.45, 2.75) is 6.92 Å². The van der Waals surface area contributed by atoms with Crippen molar-refractivity contribution in [2.75, 3.05) is 11.9 Å². The Labute approximate surface area is 121 Å². The molecule has 0 radical (unpaired) electrons. The number of nitrogens with one attached hydrogen (secondary N) is 1. The van der Waals surface area contributed by atoms with Crippen LogP contribution >= 0.6 is 0 Å². The van der Waals surface area contributed by atoms with E-state index in [-0.39, 0.29) is 10.9 Å². The predicted molar refractivity (Wildman–Crippen MR) is 81.3 cm³/mol. The topological polar surface area (TPSA) is 24.9 Å². The first-order chi connectivity index (χ1) is 10.2. The highest BCUT2D eigenvalue weighted by molar-refractivity contribution is 5.94. The van der Waals surface area contributed by atoms with Gasteiger partial charge in [-0.25, -0.2) is 13.8 Å². The molecular weight excluding hydrogens is 270 g/mol. The van der Waals surface area contributed by atoms with Gasteiger partial charge in [0.1, 0.15) is 17.2 Å². The molecule has 0 saturated carbocycles. The average molecular weight is 284 g/mol. The number of nitrogens with zero attached hydrogens (tertiary/aromatic N) is 1. The first-order valence-electron chi connectivity index (χ1n) is 6.78. The van der Waals surface area contributed by atoms with Crippen LogP contribution in [0.4, 0.5) is 14.5 Å².